The van der Waals surface area contributed by atoms with Gasteiger partial charge in [-0.1, -0.05) is 36.4 Å². The molecule has 2 heterocycles. The molecule has 0 aromatic heterocycles. The van der Waals surface area contributed by atoms with Crippen molar-refractivity contribution in [2.45, 2.75) is 24.1 Å². The lowest BCUT2D eigenvalue weighted by molar-refractivity contribution is -0.127. The molecular formula is C28H31N3O6S. The fourth-order valence-corrected chi connectivity index (χ4v) is 6.08. The predicted molar refractivity (Wildman–Crippen MR) is 143 cm³/mol. The van der Waals surface area contributed by atoms with Crippen LogP contribution in [0.1, 0.15) is 11.1 Å². The van der Waals surface area contributed by atoms with Crippen molar-refractivity contribution in [2.24, 2.45) is 0 Å². The van der Waals surface area contributed by atoms with Gasteiger partial charge in [-0.05, 0) is 47.5 Å². The third kappa shape index (κ3) is 5.77. The summed E-state index contributed by atoms with van der Waals surface area (Å²) in [7, 11) is -2.43. The number of nitrogens with zero attached hydrogens (tertiary/aromatic N) is 2. The van der Waals surface area contributed by atoms with Crippen LogP contribution < -0.4 is 19.1 Å². The van der Waals surface area contributed by atoms with Gasteiger partial charge in [-0.15, -0.1) is 0 Å². The standard InChI is InChI=1S/C28H31N3O6S/c1-35-23-9-11-24(12-10-23)38(33,34)31-20-27(37-26-8-3-2-7-25(26)31)28(32)29-18-21-5-4-6-22(17-21)19-30-13-15-36-16-14-30/h2-12,17,27H,13-16,18-20H2,1H3,(H,29,32). The van der Waals surface area contributed by atoms with Crippen LogP contribution in [-0.2, 0) is 32.6 Å². The summed E-state index contributed by atoms with van der Waals surface area (Å²) in [6, 6.07) is 21.1. The number of carbonyl (C=O) groups excluding carboxylic acids is 1. The minimum Gasteiger partial charge on any atom is -0.497 e. The Hall–Kier alpha value is -3.60. The highest BCUT2D eigenvalue weighted by Gasteiger charge is 2.37. The lowest BCUT2D eigenvalue weighted by atomic mass is 10.1. The molecule has 0 radical (unpaired) electrons. The van der Waals surface area contributed by atoms with Gasteiger partial charge in [0.25, 0.3) is 15.9 Å². The highest BCUT2D eigenvalue weighted by atomic mass is 32.2. The summed E-state index contributed by atoms with van der Waals surface area (Å²) < 4.78 is 44.9. The number of carbonyl (C=O) groups is 1. The second kappa shape index (κ2) is 11.4. The maximum Gasteiger partial charge on any atom is 0.264 e. The molecule has 9 nitrogen and oxygen atoms in total. The maximum atomic E-state index is 13.6. The van der Waals surface area contributed by atoms with Crippen molar-refractivity contribution < 1.29 is 27.4 Å². The van der Waals surface area contributed by atoms with Crippen molar-refractivity contribution in [1.29, 1.82) is 0 Å². The van der Waals surface area contributed by atoms with Crippen molar-refractivity contribution in [3.63, 3.8) is 0 Å². The van der Waals surface area contributed by atoms with Crippen LogP contribution in [0.5, 0.6) is 11.5 Å². The molecule has 1 atom stereocenters. The smallest absolute Gasteiger partial charge is 0.264 e. The molecule has 2 aliphatic rings. The topological polar surface area (TPSA) is 97.4 Å². The first-order chi connectivity index (χ1) is 18.4. The largest absolute Gasteiger partial charge is 0.497 e. The van der Waals surface area contributed by atoms with E-state index in [-0.39, 0.29) is 17.3 Å². The summed E-state index contributed by atoms with van der Waals surface area (Å²) in [5.74, 6) is 0.508. The van der Waals surface area contributed by atoms with E-state index in [0.29, 0.717) is 23.7 Å². The van der Waals surface area contributed by atoms with Gasteiger partial charge < -0.3 is 19.5 Å². The third-order valence-corrected chi connectivity index (χ3v) is 8.44. The van der Waals surface area contributed by atoms with Gasteiger partial charge in [0.15, 0.2) is 6.10 Å². The predicted octanol–water partition coefficient (Wildman–Crippen LogP) is 2.80. The zero-order valence-corrected chi connectivity index (χ0v) is 22.0. The summed E-state index contributed by atoms with van der Waals surface area (Å²) in [6.07, 6.45) is -1.01. The summed E-state index contributed by atoms with van der Waals surface area (Å²) in [6.45, 7) is 4.27. The van der Waals surface area contributed by atoms with Crippen LogP contribution in [0.4, 0.5) is 5.69 Å². The average Bonchev–Trinajstić information content (AvgIpc) is 2.96. The lowest BCUT2D eigenvalue weighted by Crippen LogP contribution is -2.50. The minimum atomic E-state index is -3.95. The van der Waals surface area contributed by atoms with Crippen LogP contribution in [0.2, 0.25) is 0 Å². The number of benzene rings is 3. The Kier molecular flexibility index (Phi) is 7.82. The molecule has 38 heavy (non-hydrogen) atoms. The monoisotopic (exact) mass is 537 g/mol. The van der Waals surface area contributed by atoms with E-state index in [1.54, 1.807) is 36.4 Å². The number of sulfonamides is 1. The van der Waals surface area contributed by atoms with Gasteiger partial charge in [0.2, 0.25) is 0 Å². The summed E-state index contributed by atoms with van der Waals surface area (Å²) >= 11 is 0. The molecule has 200 valence electrons. The van der Waals surface area contributed by atoms with Crippen LogP contribution in [0.15, 0.2) is 77.7 Å². The number of fused-ring (bicyclic) bond motifs is 1. The van der Waals surface area contributed by atoms with E-state index < -0.39 is 16.1 Å². The molecule has 0 saturated carbocycles. The zero-order chi connectivity index (χ0) is 26.5. The second-order valence-corrected chi connectivity index (χ2v) is 11.1. The summed E-state index contributed by atoms with van der Waals surface area (Å²) in [5.41, 5.74) is 2.52. The molecule has 1 fully saturated rings. The van der Waals surface area contributed by atoms with E-state index in [2.05, 4.69) is 22.3 Å². The van der Waals surface area contributed by atoms with Crippen molar-refractivity contribution in [1.82, 2.24) is 10.2 Å². The molecular weight excluding hydrogens is 506 g/mol. The number of rotatable bonds is 8. The van der Waals surface area contributed by atoms with E-state index in [0.717, 1.165) is 38.4 Å². The van der Waals surface area contributed by atoms with Crippen molar-refractivity contribution in [2.75, 3.05) is 44.3 Å². The van der Waals surface area contributed by atoms with Gasteiger partial charge in [-0.2, -0.15) is 0 Å². The number of hydrogen-bond acceptors (Lipinski definition) is 7. The van der Waals surface area contributed by atoms with Crippen molar-refractivity contribution >= 4 is 21.6 Å². The molecule has 1 amide bonds. The molecule has 0 aliphatic carbocycles. The number of methoxy groups -OCH3 is 1. The third-order valence-electron chi connectivity index (χ3n) is 6.64. The van der Waals surface area contributed by atoms with Gasteiger partial charge in [0.1, 0.15) is 11.5 Å². The number of anilines is 1. The summed E-state index contributed by atoms with van der Waals surface area (Å²) in [4.78, 5) is 15.6. The Labute approximate surface area is 223 Å². The molecule has 1 saturated heterocycles. The second-order valence-electron chi connectivity index (χ2n) is 9.21. The van der Waals surface area contributed by atoms with Crippen molar-refractivity contribution in [3.05, 3.63) is 83.9 Å². The Balaban J connectivity index is 1.29. The van der Waals surface area contributed by atoms with Crippen LogP contribution >= 0.6 is 0 Å². The number of hydrogen-bond donors (Lipinski definition) is 1. The number of para-hydroxylation sites is 2. The zero-order valence-electron chi connectivity index (χ0n) is 21.2. The summed E-state index contributed by atoms with van der Waals surface area (Å²) in [5, 5.41) is 2.92. The first kappa shape index (κ1) is 26.0. The number of amides is 1. The SMILES string of the molecule is COc1ccc(S(=O)(=O)N2CC(C(=O)NCc3cccc(CN4CCOCC4)c3)Oc3ccccc32)cc1. The number of nitrogens with one attached hydrogen (secondary N) is 1. The van der Waals surface area contributed by atoms with Crippen LogP contribution in [0.25, 0.3) is 0 Å². The highest BCUT2D eigenvalue weighted by molar-refractivity contribution is 7.92. The van der Waals surface area contributed by atoms with Crippen molar-refractivity contribution in [3.8, 4) is 11.5 Å². The average molecular weight is 538 g/mol. The number of morpholine rings is 1. The number of ether oxygens (including phenoxy) is 3. The maximum absolute atomic E-state index is 13.6. The first-order valence-corrected chi connectivity index (χ1v) is 14.0. The molecule has 2 aliphatic heterocycles. The van der Waals surface area contributed by atoms with Gasteiger partial charge >= 0.3 is 0 Å². The quantitative estimate of drug-likeness (QED) is 0.472. The Morgan fingerprint density at radius 3 is 2.50 bits per heavy atom. The molecule has 0 bridgehead atoms. The first-order valence-electron chi connectivity index (χ1n) is 12.5. The van der Waals surface area contributed by atoms with E-state index in [1.165, 1.54) is 29.1 Å². The fraction of sp³-hybridized carbons (Fsp3) is 0.321. The molecule has 1 N–H and O–H groups in total. The van der Waals surface area contributed by atoms with Crippen LogP contribution in [-0.4, -0.2) is 65.3 Å². The fourth-order valence-electron chi connectivity index (χ4n) is 4.60. The van der Waals surface area contributed by atoms with Gasteiger partial charge in [-0.3, -0.25) is 14.0 Å². The normalized spacial score (nSPS) is 17.8. The van der Waals surface area contributed by atoms with Crippen LogP contribution in [0, 0.1) is 0 Å². The molecule has 5 rings (SSSR count). The van der Waals surface area contributed by atoms with E-state index >= 15 is 0 Å². The van der Waals surface area contributed by atoms with E-state index in [4.69, 9.17) is 14.2 Å². The minimum absolute atomic E-state index is 0.103. The Bertz CT molecular complexity index is 1370. The van der Waals surface area contributed by atoms with Gasteiger partial charge in [-0.25, -0.2) is 8.42 Å². The van der Waals surface area contributed by atoms with Gasteiger partial charge in [0, 0.05) is 26.2 Å². The van der Waals surface area contributed by atoms with Crippen LogP contribution in [0.3, 0.4) is 0 Å². The highest BCUT2D eigenvalue weighted by Crippen LogP contribution is 2.37. The van der Waals surface area contributed by atoms with Gasteiger partial charge in [0.05, 0.1) is 37.5 Å². The lowest BCUT2D eigenvalue weighted by Gasteiger charge is -2.34. The molecule has 3 aromatic rings. The van der Waals surface area contributed by atoms with E-state index in [9.17, 15) is 13.2 Å². The Morgan fingerprint density at radius 2 is 1.74 bits per heavy atom. The van der Waals surface area contributed by atoms with E-state index in [1.807, 2.05) is 12.1 Å². The molecule has 0 spiro atoms. The molecule has 1 unspecified atom stereocenters. The molecule has 3 aromatic carbocycles. The Morgan fingerprint density at radius 1 is 1.00 bits per heavy atom. The molecule has 10 heteroatoms.